The van der Waals surface area contributed by atoms with Crippen molar-refractivity contribution in [3.63, 3.8) is 0 Å². The number of ether oxygens (including phenoxy) is 1. The van der Waals surface area contributed by atoms with Gasteiger partial charge in [-0.3, -0.25) is 4.79 Å². The van der Waals surface area contributed by atoms with Crippen LogP contribution in [0.3, 0.4) is 0 Å². The van der Waals surface area contributed by atoms with Crippen LogP contribution in [0.4, 0.5) is 0 Å². The molecule has 1 aromatic carbocycles. The Labute approximate surface area is 121 Å². The molecular weight excluding hydrogens is 254 g/mol. The Bertz CT molecular complexity index is 438. The summed E-state index contributed by atoms with van der Waals surface area (Å²) < 4.78 is 4.85. The number of aliphatic hydroxyl groups excluding tert-OH is 1. The standard InChI is InChI=1S/C16H25NO3/c1-16(2,3)14-8-6-5-7-13(14)15(19)17-10-9-12(18)11-20-4/h5-8,12,18H,9-11H2,1-4H3,(H,17,19). The molecule has 1 unspecified atom stereocenters. The molecule has 0 heterocycles. The lowest BCUT2D eigenvalue weighted by Crippen LogP contribution is -2.30. The van der Waals surface area contributed by atoms with Gasteiger partial charge in [-0.2, -0.15) is 0 Å². The smallest absolute Gasteiger partial charge is 0.251 e. The molecule has 1 amide bonds. The first kappa shape index (κ1) is 16.7. The average Bonchev–Trinajstić information content (AvgIpc) is 2.38. The van der Waals surface area contributed by atoms with E-state index in [-0.39, 0.29) is 17.9 Å². The highest BCUT2D eigenvalue weighted by atomic mass is 16.5. The fraction of sp³-hybridized carbons (Fsp3) is 0.562. The molecular formula is C16H25NO3. The molecule has 0 aliphatic carbocycles. The summed E-state index contributed by atoms with van der Waals surface area (Å²) in [6.07, 6.45) is -0.0600. The molecule has 1 rings (SSSR count). The number of rotatable bonds is 6. The number of nitrogens with one attached hydrogen (secondary N) is 1. The predicted octanol–water partition coefficient (Wildman–Crippen LogP) is 2.11. The topological polar surface area (TPSA) is 58.6 Å². The largest absolute Gasteiger partial charge is 0.391 e. The zero-order valence-electron chi connectivity index (χ0n) is 12.8. The quantitative estimate of drug-likeness (QED) is 0.838. The van der Waals surface area contributed by atoms with Crippen molar-refractivity contribution in [2.45, 2.75) is 38.7 Å². The molecule has 0 aliphatic rings. The van der Waals surface area contributed by atoms with Crippen LogP contribution in [-0.2, 0) is 10.2 Å². The van der Waals surface area contributed by atoms with E-state index in [4.69, 9.17) is 4.74 Å². The molecule has 4 heteroatoms. The second kappa shape index (κ2) is 7.41. The lowest BCUT2D eigenvalue weighted by molar-refractivity contribution is 0.0587. The molecule has 0 bridgehead atoms. The molecule has 0 aliphatic heterocycles. The fourth-order valence-corrected chi connectivity index (χ4v) is 2.06. The number of carbonyl (C=O) groups is 1. The second-order valence-electron chi connectivity index (χ2n) is 5.95. The summed E-state index contributed by atoms with van der Waals surface area (Å²) >= 11 is 0. The Hall–Kier alpha value is -1.39. The first-order valence-electron chi connectivity index (χ1n) is 6.91. The van der Waals surface area contributed by atoms with Gasteiger partial charge in [-0.05, 0) is 23.5 Å². The van der Waals surface area contributed by atoms with Gasteiger partial charge in [0.1, 0.15) is 0 Å². The number of methoxy groups -OCH3 is 1. The normalized spacial score (nSPS) is 13.1. The number of benzene rings is 1. The zero-order chi connectivity index (χ0) is 15.2. The minimum absolute atomic E-state index is 0.0799. The molecule has 0 aromatic heterocycles. The lowest BCUT2D eigenvalue weighted by Gasteiger charge is -2.22. The molecule has 1 aromatic rings. The fourth-order valence-electron chi connectivity index (χ4n) is 2.06. The molecule has 0 fully saturated rings. The molecule has 0 saturated heterocycles. The van der Waals surface area contributed by atoms with Crippen molar-refractivity contribution in [2.75, 3.05) is 20.3 Å². The van der Waals surface area contributed by atoms with Crippen LogP contribution >= 0.6 is 0 Å². The van der Waals surface area contributed by atoms with Crippen molar-refractivity contribution in [3.8, 4) is 0 Å². The monoisotopic (exact) mass is 279 g/mol. The minimum Gasteiger partial charge on any atom is -0.391 e. The first-order valence-corrected chi connectivity index (χ1v) is 6.91. The lowest BCUT2D eigenvalue weighted by atomic mass is 9.83. The molecule has 2 N–H and O–H groups in total. The van der Waals surface area contributed by atoms with Gasteiger partial charge in [0.25, 0.3) is 5.91 Å². The van der Waals surface area contributed by atoms with Crippen molar-refractivity contribution in [1.29, 1.82) is 0 Å². The van der Waals surface area contributed by atoms with Gasteiger partial charge in [-0.1, -0.05) is 39.0 Å². The molecule has 0 saturated carbocycles. The van der Waals surface area contributed by atoms with E-state index >= 15 is 0 Å². The van der Waals surface area contributed by atoms with E-state index in [1.54, 1.807) is 7.11 Å². The summed E-state index contributed by atoms with van der Waals surface area (Å²) in [6.45, 7) is 6.97. The minimum atomic E-state index is -0.543. The Morgan fingerprint density at radius 2 is 2.00 bits per heavy atom. The van der Waals surface area contributed by atoms with Gasteiger partial charge in [0.15, 0.2) is 0 Å². The SMILES string of the molecule is COCC(O)CCNC(=O)c1ccccc1C(C)(C)C. The maximum Gasteiger partial charge on any atom is 0.251 e. The van der Waals surface area contributed by atoms with Crippen LogP contribution in [0.5, 0.6) is 0 Å². The van der Waals surface area contributed by atoms with Crippen molar-refractivity contribution in [1.82, 2.24) is 5.32 Å². The van der Waals surface area contributed by atoms with Gasteiger partial charge in [-0.15, -0.1) is 0 Å². The summed E-state index contributed by atoms with van der Waals surface area (Å²) in [4.78, 5) is 12.2. The Kier molecular flexibility index (Phi) is 6.17. The second-order valence-corrected chi connectivity index (χ2v) is 5.95. The van der Waals surface area contributed by atoms with E-state index in [1.165, 1.54) is 0 Å². The van der Waals surface area contributed by atoms with Crippen molar-refractivity contribution < 1.29 is 14.6 Å². The summed E-state index contributed by atoms with van der Waals surface area (Å²) in [5.74, 6) is -0.0971. The molecule has 0 spiro atoms. The van der Waals surface area contributed by atoms with Crippen LogP contribution in [-0.4, -0.2) is 37.4 Å². The maximum atomic E-state index is 12.2. The van der Waals surface area contributed by atoms with Gasteiger partial charge in [0.05, 0.1) is 12.7 Å². The third-order valence-electron chi connectivity index (χ3n) is 3.10. The summed E-state index contributed by atoms with van der Waals surface area (Å²) in [5.41, 5.74) is 1.64. The van der Waals surface area contributed by atoms with Crippen molar-refractivity contribution in [3.05, 3.63) is 35.4 Å². The van der Waals surface area contributed by atoms with Crippen LogP contribution in [0.25, 0.3) is 0 Å². The van der Waals surface area contributed by atoms with E-state index in [1.807, 2.05) is 24.3 Å². The van der Waals surface area contributed by atoms with Crippen LogP contribution in [0.1, 0.15) is 43.1 Å². The van der Waals surface area contributed by atoms with Crippen molar-refractivity contribution in [2.24, 2.45) is 0 Å². The van der Waals surface area contributed by atoms with Crippen LogP contribution in [0.2, 0.25) is 0 Å². The summed E-state index contributed by atoms with van der Waals surface area (Å²) in [5, 5.41) is 12.4. The van der Waals surface area contributed by atoms with Gasteiger partial charge in [0, 0.05) is 19.2 Å². The van der Waals surface area contributed by atoms with E-state index in [9.17, 15) is 9.90 Å². The van der Waals surface area contributed by atoms with Gasteiger partial charge in [0.2, 0.25) is 0 Å². The van der Waals surface area contributed by atoms with Crippen LogP contribution < -0.4 is 5.32 Å². The predicted molar refractivity (Wildman–Crippen MR) is 80.0 cm³/mol. The maximum absolute atomic E-state index is 12.2. The van der Waals surface area contributed by atoms with E-state index < -0.39 is 6.10 Å². The third-order valence-corrected chi connectivity index (χ3v) is 3.10. The van der Waals surface area contributed by atoms with E-state index in [0.717, 1.165) is 5.56 Å². The summed E-state index contributed by atoms with van der Waals surface area (Å²) in [6, 6.07) is 7.62. The van der Waals surface area contributed by atoms with Crippen LogP contribution in [0, 0.1) is 0 Å². The Morgan fingerprint density at radius 1 is 1.35 bits per heavy atom. The number of hydrogen-bond donors (Lipinski definition) is 2. The molecule has 112 valence electrons. The highest BCUT2D eigenvalue weighted by Crippen LogP contribution is 2.25. The number of amides is 1. The van der Waals surface area contributed by atoms with Crippen molar-refractivity contribution >= 4 is 5.91 Å². The highest BCUT2D eigenvalue weighted by Gasteiger charge is 2.20. The number of hydrogen-bond acceptors (Lipinski definition) is 3. The Balaban J connectivity index is 2.65. The van der Waals surface area contributed by atoms with Crippen LogP contribution in [0.15, 0.2) is 24.3 Å². The third kappa shape index (κ3) is 4.94. The number of carbonyl (C=O) groups excluding carboxylic acids is 1. The zero-order valence-corrected chi connectivity index (χ0v) is 12.8. The molecule has 20 heavy (non-hydrogen) atoms. The average molecular weight is 279 g/mol. The molecule has 1 atom stereocenters. The van der Waals surface area contributed by atoms with Gasteiger partial charge in [-0.25, -0.2) is 0 Å². The summed E-state index contributed by atoms with van der Waals surface area (Å²) in [7, 11) is 1.54. The molecule has 4 nitrogen and oxygen atoms in total. The van der Waals surface area contributed by atoms with Gasteiger partial charge >= 0.3 is 0 Å². The molecule has 0 radical (unpaired) electrons. The van der Waals surface area contributed by atoms with E-state index in [0.29, 0.717) is 18.5 Å². The Morgan fingerprint density at radius 3 is 2.60 bits per heavy atom. The highest BCUT2D eigenvalue weighted by molar-refractivity contribution is 5.96. The van der Waals surface area contributed by atoms with Gasteiger partial charge < -0.3 is 15.2 Å². The van der Waals surface area contributed by atoms with E-state index in [2.05, 4.69) is 26.1 Å². The first-order chi connectivity index (χ1) is 9.36. The number of aliphatic hydroxyl groups is 1.